The van der Waals surface area contributed by atoms with E-state index in [9.17, 15) is 26.0 Å². The summed E-state index contributed by atoms with van der Waals surface area (Å²) < 4.78 is 73.7. The molecule has 90 valence electrons. The predicted octanol–water partition coefficient (Wildman–Crippen LogP) is 2.66. The van der Waals surface area contributed by atoms with Gasteiger partial charge in [-0.15, -0.1) is 0 Å². The highest BCUT2D eigenvalue weighted by molar-refractivity contribution is 14.1. The zero-order chi connectivity index (χ0) is 12.6. The fourth-order valence-electron chi connectivity index (χ4n) is 0.719. The van der Waals surface area contributed by atoms with Crippen LogP contribution in [0.1, 0.15) is 0 Å². The van der Waals surface area contributed by atoms with Crippen molar-refractivity contribution in [3.63, 3.8) is 0 Å². The largest absolute Gasteiger partial charge is 0.534 e. The molecule has 1 rings (SSSR count). The van der Waals surface area contributed by atoms with E-state index in [1.54, 1.807) is 0 Å². The van der Waals surface area contributed by atoms with Gasteiger partial charge in [-0.2, -0.15) is 21.6 Å². The van der Waals surface area contributed by atoms with Crippen LogP contribution in [0, 0.1) is 9.39 Å². The lowest BCUT2D eigenvalue weighted by molar-refractivity contribution is -0.0501. The molecule has 0 atom stereocenters. The van der Waals surface area contributed by atoms with Gasteiger partial charge < -0.3 is 4.18 Å². The first-order chi connectivity index (χ1) is 7.15. The van der Waals surface area contributed by atoms with Gasteiger partial charge in [-0.3, -0.25) is 0 Å². The minimum absolute atomic E-state index is 0.0783. The van der Waals surface area contributed by atoms with Crippen molar-refractivity contribution in [2.75, 3.05) is 0 Å². The number of hydrogen-bond donors (Lipinski definition) is 0. The van der Waals surface area contributed by atoms with Gasteiger partial charge in [0.1, 0.15) is 0 Å². The van der Waals surface area contributed by atoms with E-state index in [0.29, 0.717) is 0 Å². The molecule has 9 heteroatoms. The van der Waals surface area contributed by atoms with Crippen molar-refractivity contribution in [1.82, 2.24) is 0 Å². The summed E-state index contributed by atoms with van der Waals surface area (Å²) in [4.78, 5) is 0. The van der Waals surface area contributed by atoms with Crippen molar-refractivity contribution < 1.29 is 30.2 Å². The van der Waals surface area contributed by atoms with Gasteiger partial charge in [-0.25, -0.2) is 4.39 Å². The summed E-state index contributed by atoms with van der Waals surface area (Å²) >= 11 is 1.46. The highest BCUT2D eigenvalue weighted by atomic mass is 127. The Balaban J connectivity index is 3.17. The molecule has 16 heavy (non-hydrogen) atoms. The van der Waals surface area contributed by atoms with E-state index in [1.807, 2.05) is 0 Å². The Kier molecular flexibility index (Phi) is 3.67. The van der Waals surface area contributed by atoms with Crippen LogP contribution in [0.15, 0.2) is 18.2 Å². The zero-order valence-electron chi connectivity index (χ0n) is 7.25. The molecule has 0 unspecified atom stereocenters. The van der Waals surface area contributed by atoms with Crippen molar-refractivity contribution in [3.05, 3.63) is 27.6 Å². The standard InChI is InChI=1S/C7H3F4IO3S/c8-4-2-1-3-5(12)6(4)15-16(13,14)7(9,10)11/h1-3H. The summed E-state index contributed by atoms with van der Waals surface area (Å²) in [6.45, 7) is 0. The topological polar surface area (TPSA) is 43.4 Å². The van der Waals surface area contributed by atoms with E-state index in [4.69, 9.17) is 0 Å². The third-order valence-corrected chi connectivity index (χ3v) is 3.20. The van der Waals surface area contributed by atoms with Crippen LogP contribution < -0.4 is 4.18 Å². The number of hydrogen-bond acceptors (Lipinski definition) is 3. The molecule has 0 saturated heterocycles. The summed E-state index contributed by atoms with van der Waals surface area (Å²) in [5.41, 5.74) is -5.58. The molecule has 0 aromatic heterocycles. The summed E-state index contributed by atoms with van der Waals surface area (Å²) in [6, 6.07) is 3.22. The molecule has 1 aromatic rings. The maximum absolute atomic E-state index is 13.0. The predicted molar refractivity (Wildman–Crippen MR) is 54.7 cm³/mol. The number of para-hydroxylation sites is 1. The molecule has 0 heterocycles. The van der Waals surface area contributed by atoms with Crippen LogP contribution in [0.3, 0.4) is 0 Å². The van der Waals surface area contributed by atoms with Crippen molar-refractivity contribution in [2.45, 2.75) is 5.51 Å². The summed E-state index contributed by atoms with van der Waals surface area (Å²) in [6.07, 6.45) is 0. The lowest BCUT2D eigenvalue weighted by Gasteiger charge is -2.10. The summed E-state index contributed by atoms with van der Waals surface area (Å²) in [7, 11) is -5.84. The monoisotopic (exact) mass is 370 g/mol. The third-order valence-electron chi connectivity index (χ3n) is 1.40. The normalized spacial score (nSPS) is 12.6. The van der Waals surface area contributed by atoms with Gasteiger partial charge in [0.2, 0.25) is 0 Å². The van der Waals surface area contributed by atoms with Gasteiger partial charge >= 0.3 is 15.6 Å². The van der Waals surface area contributed by atoms with Gasteiger partial charge in [0.15, 0.2) is 11.6 Å². The van der Waals surface area contributed by atoms with Crippen molar-refractivity contribution in [2.24, 2.45) is 0 Å². The minimum atomic E-state index is -5.84. The molecule has 0 aliphatic heterocycles. The smallest absolute Gasteiger partial charge is 0.372 e. The molecule has 0 aliphatic rings. The van der Waals surface area contributed by atoms with Gasteiger partial charge in [-0.05, 0) is 34.7 Å². The van der Waals surface area contributed by atoms with E-state index in [1.165, 1.54) is 34.7 Å². The Morgan fingerprint density at radius 1 is 1.25 bits per heavy atom. The molecule has 0 fully saturated rings. The molecule has 0 aliphatic carbocycles. The SMILES string of the molecule is O=S(=O)(Oc1c(F)cccc1I)C(F)(F)F. The molecule has 3 nitrogen and oxygen atoms in total. The van der Waals surface area contributed by atoms with Crippen LogP contribution in [0.2, 0.25) is 0 Å². The first-order valence-corrected chi connectivity index (χ1v) is 6.08. The second-order valence-electron chi connectivity index (χ2n) is 2.53. The van der Waals surface area contributed by atoms with E-state index in [-0.39, 0.29) is 3.57 Å². The second kappa shape index (κ2) is 4.35. The molecule has 0 amide bonds. The fourth-order valence-corrected chi connectivity index (χ4v) is 1.93. The zero-order valence-corrected chi connectivity index (χ0v) is 10.2. The van der Waals surface area contributed by atoms with E-state index in [0.717, 1.165) is 6.07 Å². The molecular weight excluding hydrogens is 367 g/mol. The Bertz CT molecular complexity index is 477. The van der Waals surface area contributed by atoms with E-state index >= 15 is 0 Å². The molecule has 1 aromatic carbocycles. The quantitative estimate of drug-likeness (QED) is 0.348. The molecule has 0 radical (unpaired) electrons. The minimum Gasteiger partial charge on any atom is -0.372 e. The fraction of sp³-hybridized carbons (Fsp3) is 0.143. The summed E-state index contributed by atoms with van der Waals surface area (Å²) in [5.74, 6) is -2.14. The Morgan fingerprint density at radius 3 is 2.25 bits per heavy atom. The van der Waals surface area contributed by atoms with E-state index < -0.39 is 27.2 Å². The molecule has 0 bridgehead atoms. The van der Waals surface area contributed by atoms with Gasteiger partial charge in [0.25, 0.3) is 0 Å². The lowest BCUT2D eigenvalue weighted by atomic mass is 10.3. The highest BCUT2D eigenvalue weighted by Crippen LogP contribution is 2.31. The molecule has 0 saturated carbocycles. The van der Waals surface area contributed by atoms with Crippen molar-refractivity contribution in [1.29, 1.82) is 0 Å². The third kappa shape index (κ3) is 2.75. The Labute approximate surface area is 102 Å². The van der Waals surface area contributed by atoms with Gasteiger partial charge in [-0.1, -0.05) is 6.07 Å². The average Bonchev–Trinajstić information content (AvgIpc) is 2.10. The second-order valence-corrected chi connectivity index (χ2v) is 5.23. The number of benzene rings is 1. The van der Waals surface area contributed by atoms with Crippen molar-refractivity contribution in [3.8, 4) is 5.75 Å². The number of rotatable bonds is 2. The van der Waals surface area contributed by atoms with Crippen LogP contribution in [-0.4, -0.2) is 13.9 Å². The average molecular weight is 370 g/mol. The molecule has 0 N–H and O–H groups in total. The van der Waals surface area contributed by atoms with Crippen LogP contribution >= 0.6 is 22.6 Å². The van der Waals surface area contributed by atoms with Crippen LogP contribution in [-0.2, 0) is 10.1 Å². The maximum Gasteiger partial charge on any atom is 0.534 e. The van der Waals surface area contributed by atoms with Gasteiger partial charge in [0.05, 0.1) is 3.57 Å². The molecular formula is C7H3F4IO3S. The van der Waals surface area contributed by atoms with E-state index in [2.05, 4.69) is 4.18 Å². The lowest BCUT2D eigenvalue weighted by Crippen LogP contribution is -2.28. The van der Waals surface area contributed by atoms with Gasteiger partial charge in [0, 0.05) is 0 Å². The number of halogens is 5. The first-order valence-electron chi connectivity index (χ1n) is 3.60. The number of alkyl halides is 3. The molecule has 0 spiro atoms. The Hall–Kier alpha value is -0.580. The van der Waals surface area contributed by atoms with Crippen LogP contribution in [0.4, 0.5) is 17.6 Å². The first kappa shape index (κ1) is 13.5. The van der Waals surface area contributed by atoms with Crippen LogP contribution in [0.25, 0.3) is 0 Å². The summed E-state index contributed by atoms with van der Waals surface area (Å²) in [5, 5.41) is 0. The van der Waals surface area contributed by atoms with Crippen LogP contribution in [0.5, 0.6) is 5.75 Å². The van der Waals surface area contributed by atoms with Crippen molar-refractivity contribution >= 4 is 32.7 Å². The Morgan fingerprint density at radius 2 is 1.81 bits per heavy atom. The highest BCUT2D eigenvalue weighted by Gasteiger charge is 2.49. The maximum atomic E-state index is 13.0.